The number of primary amides is 1. The van der Waals surface area contributed by atoms with E-state index in [9.17, 15) is 14.4 Å². The molecule has 20 heavy (non-hydrogen) atoms. The van der Waals surface area contributed by atoms with Crippen molar-refractivity contribution in [1.82, 2.24) is 4.57 Å². The van der Waals surface area contributed by atoms with E-state index < -0.39 is 23.7 Å². The zero-order valence-electron chi connectivity index (χ0n) is 10.9. The minimum atomic E-state index is -0.986. The Kier molecular flexibility index (Phi) is 3.88. The van der Waals surface area contributed by atoms with Crippen molar-refractivity contribution in [3.8, 4) is 0 Å². The number of aryl methyl sites for hydroxylation is 1. The summed E-state index contributed by atoms with van der Waals surface area (Å²) in [6.07, 6.45) is -1.04. The summed E-state index contributed by atoms with van der Waals surface area (Å²) in [6.45, 7) is 1.50. The molecule has 1 atom stereocenters. The molecular weight excluding hydrogens is 264 g/mol. The number of hydrogen-bond acceptors (Lipinski definition) is 5. The molecule has 2 N–H and O–H groups in total. The van der Waals surface area contributed by atoms with Crippen LogP contribution in [0.5, 0.6) is 0 Å². The Morgan fingerprint density at radius 2 is 2.10 bits per heavy atom. The minimum Gasteiger partial charge on any atom is -0.453 e. The van der Waals surface area contributed by atoms with E-state index in [4.69, 9.17) is 14.9 Å². The zero-order chi connectivity index (χ0) is 14.7. The molecule has 7 nitrogen and oxygen atoms in total. The van der Waals surface area contributed by atoms with Crippen LogP contribution in [-0.4, -0.2) is 22.5 Å². The van der Waals surface area contributed by atoms with Gasteiger partial charge in [-0.25, -0.2) is 4.79 Å². The molecule has 0 aliphatic heterocycles. The first-order valence-corrected chi connectivity index (χ1v) is 6.06. The zero-order valence-corrected chi connectivity index (χ0v) is 10.9. The molecule has 106 valence electrons. The van der Waals surface area contributed by atoms with Crippen molar-refractivity contribution < 1.29 is 18.7 Å². The number of amides is 1. The number of hydrogen-bond donors (Lipinski definition) is 1. The summed E-state index contributed by atoms with van der Waals surface area (Å²) in [6, 6.07) is 6.90. The first kappa shape index (κ1) is 13.9. The third kappa shape index (κ3) is 2.87. The van der Waals surface area contributed by atoms with Crippen molar-refractivity contribution in [2.24, 2.45) is 5.73 Å². The second kappa shape index (κ2) is 5.60. The minimum absolute atomic E-state index is 0.0545. The van der Waals surface area contributed by atoms with Gasteiger partial charge in [-0.2, -0.15) is 0 Å². The number of nitrogens with two attached hydrogens (primary N) is 1. The number of nitrogens with zero attached hydrogens (tertiary/aromatic N) is 1. The first-order valence-electron chi connectivity index (χ1n) is 6.06. The van der Waals surface area contributed by atoms with Crippen LogP contribution in [0.15, 0.2) is 33.5 Å². The summed E-state index contributed by atoms with van der Waals surface area (Å²) >= 11 is 0. The molecule has 7 heteroatoms. The van der Waals surface area contributed by atoms with E-state index in [1.54, 1.807) is 24.3 Å². The van der Waals surface area contributed by atoms with Crippen LogP contribution in [0.1, 0.15) is 13.3 Å². The standard InChI is InChI=1S/C13H14N2O5/c1-8(12(14)17)19-11(16)6-7-15-9-4-2-3-5-10(9)20-13(15)18/h2-5,8H,6-7H2,1H3,(H2,14,17). The van der Waals surface area contributed by atoms with Gasteiger partial charge in [0.1, 0.15) is 0 Å². The van der Waals surface area contributed by atoms with Crippen LogP contribution in [0, 0.1) is 0 Å². The summed E-state index contributed by atoms with van der Waals surface area (Å²) < 4.78 is 11.2. The van der Waals surface area contributed by atoms with Crippen LogP contribution in [0.25, 0.3) is 11.1 Å². The molecule has 0 saturated heterocycles. The van der Waals surface area contributed by atoms with Gasteiger partial charge in [-0.3, -0.25) is 14.2 Å². The van der Waals surface area contributed by atoms with Crippen LogP contribution in [0.3, 0.4) is 0 Å². The van der Waals surface area contributed by atoms with Crippen molar-refractivity contribution in [2.75, 3.05) is 0 Å². The fraction of sp³-hybridized carbons (Fsp3) is 0.308. The highest BCUT2D eigenvalue weighted by Crippen LogP contribution is 2.12. The number of benzene rings is 1. The normalized spacial score (nSPS) is 12.2. The number of aromatic nitrogens is 1. The average Bonchev–Trinajstić information content (AvgIpc) is 2.71. The van der Waals surface area contributed by atoms with Gasteiger partial charge in [0.25, 0.3) is 5.91 Å². The maximum Gasteiger partial charge on any atom is 0.419 e. The molecular formula is C13H14N2O5. The summed E-state index contributed by atoms with van der Waals surface area (Å²) in [4.78, 5) is 33.9. The number of fused-ring (bicyclic) bond motifs is 1. The van der Waals surface area contributed by atoms with Crippen molar-refractivity contribution in [1.29, 1.82) is 0 Å². The topological polar surface area (TPSA) is 105 Å². The Balaban J connectivity index is 2.06. The van der Waals surface area contributed by atoms with Gasteiger partial charge in [-0.1, -0.05) is 12.1 Å². The molecule has 0 fully saturated rings. The molecule has 0 bridgehead atoms. The molecule has 1 amide bonds. The Morgan fingerprint density at radius 1 is 1.40 bits per heavy atom. The monoisotopic (exact) mass is 278 g/mol. The van der Waals surface area contributed by atoms with Gasteiger partial charge in [0, 0.05) is 6.54 Å². The molecule has 0 aliphatic rings. The molecule has 1 heterocycles. The van der Waals surface area contributed by atoms with E-state index in [2.05, 4.69) is 0 Å². The van der Waals surface area contributed by atoms with Gasteiger partial charge in [0.2, 0.25) is 0 Å². The summed E-state index contributed by atoms with van der Waals surface area (Å²) in [5.74, 6) is -1.86. The van der Waals surface area contributed by atoms with Gasteiger partial charge in [0.05, 0.1) is 11.9 Å². The molecule has 1 aromatic carbocycles. The molecule has 0 saturated carbocycles. The number of esters is 1. The molecule has 0 spiro atoms. The second-order valence-electron chi connectivity index (χ2n) is 4.27. The Hall–Kier alpha value is -2.57. The fourth-order valence-corrected chi connectivity index (χ4v) is 1.74. The quantitative estimate of drug-likeness (QED) is 0.797. The van der Waals surface area contributed by atoms with Gasteiger partial charge in [-0.15, -0.1) is 0 Å². The van der Waals surface area contributed by atoms with Crippen LogP contribution in [0.2, 0.25) is 0 Å². The molecule has 1 unspecified atom stereocenters. The lowest BCUT2D eigenvalue weighted by molar-refractivity contribution is -0.153. The summed E-state index contributed by atoms with van der Waals surface area (Å²) in [7, 11) is 0. The predicted molar refractivity (Wildman–Crippen MR) is 69.8 cm³/mol. The van der Waals surface area contributed by atoms with E-state index in [-0.39, 0.29) is 13.0 Å². The van der Waals surface area contributed by atoms with Gasteiger partial charge < -0.3 is 14.9 Å². The van der Waals surface area contributed by atoms with E-state index in [0.717, 1.165) is 0 Å². The van der Waals surface area contributed by atoms with E-state index in [1.165, 1.54) is 11.5 Å². The molecule has 0 aliphatic carbocycles. The SMILES string of the molecule is CC(OC(=O)CCn1c(=O)oc2ccccc21)C(N)=O. The highest BCUT2D eigenvalue weighted by Gasteiger charge is 2.15. The maximum atomic E-state index is 11.7. The number of rotatable bonds is 5. The first-order chi connectivity index (χ1) is 9.49. The number of ether oxygens (including phenoxy) is 1. The molecule has 0 radical (unpaired) electrons. The lowest BCUT2D eigenvalue weighted by Gasteiger charge is -2.09. The smallest absolute Gasteiger partial charge is 0.419 e. The second-order valence-corrected chi connectivity index (χ2v) is 4.27. The van der Waals surface area contributed by atoms with E-state index >= 15 is 0 Å². The molecule has 2 rings (SSSR count). The van der Waals surface area contributed by atoms with Crippen molar-refractivity contribution in [3.63, 3.8) is 0 Å². The number of para-hydroxylation sites is 2. The third-order valence-electron chi connectivity index (χ3n) is 2.82. The highest BCUT2D eigenvalue weighted by molar-refractivity contribution is 5.81. The van der Waals surface area contributed by atoms with Crippen molar-refractivity contribution in [2.45, 2.75) is 26.0 Å². The van der Waals surface area contributed by atoms with Crippen molar-refractivity contribution >= 4 is 23.0 Å². The van der Waals surface area contributed by atoms with E-state index in [0.29, 0.717) is 11.1 Å². The number of carbonyl (C=O) groups is 2. The summed E-state index contributed by atoms with van der Waals surface area (Å²) in [5, 5.41) is 0. The lowest BCUT2D eigenvalue weighted by atomic mass is 10.3. The molecule has 2 aromatic rings. The van der Waals surface area contributed by atoms with Crippen LogP contribution < -0.4 is 11.5 Å². The average molecular weight is 278 g/mol. The fourth-order valence-electron chi connectivity index (χ4n) is 1.74. The Bertz CT molecular complexity index is 700. The van der Waals surface area contributed by atoms with Gasteiger partial charge in [-0.05, 0) is 19.1 Å². The predicted octanol–water partition coefficient (Wildman–Crippen LogP) is 0.402. The van der Waals surface area contributed by atoms with Crippen LogP contribution >= 0.6 is 0 Å². The maximum absolute atomic E-state index is 11.7. The number of oxazole rings is 1. The van der Waals surface area contributed by atoms with Gasteiger partial charge >= 0.3 is 11.7 Å². The Labute approximate surface area is 113 Å². The van der Waals surface area contributed by atoms with Crippen molar-refractivity contribution in [3.05, 3.63) is 34.8 Å². The highest BCUT2D eigenvalue weighted by atomic mass is 16.5. The van der Waals surface area contributed by atoms with Crippen LogP contribution in [0.4, 0.5) is 0 Å². The lowest BCUT2D eigenvalue weighted by Crippen LogP contribution is -2.31. The largest absolute Gasteiger partial charge is 0.453 e. The molecule has 1 aromatic heterocycles. The summed E-state index contributed by atoms with van der Waals surface area (Å²) in [5.41, 5.74) is 6.05. The Morgan fingerprint density at radius 3 is 2.80 bits per heavy atom. The van der Waals surface area contributed by atoms with Gasteiger partial charge in [0.15, 0.2) is 11.7 Å². The van der Waals surface area contributed by atoms with Crippen LogP contribution in [-0.2, 0) is 20.9 Å². The van der Waals surface area contributed by atoms with E-state index in [1.807, 2.05) is 0 Å². The number of carbonyl (C=O) groups excluding carboxylic acids is 2. The third-order valence-corrected chi connectivity index (χ3v) is 2.82.